The van der Waals surface area contributed by atoms with Crippen molar-refractivity contribution in [3.8, 4) is 0 Å². The highest BCUT2D eigenvalue weighted by Gasteiger charge is 2.08. The molecule has 0 unspecified atom stereocenters. The summed E-state index contributed by atoms with van der Waals surface area (Å²) in [4.78, 5) is 10.7. The van der Waals surface area contributed by atoms with Gasteiger partial charge in [0.15, 0.2) is 9.84 Å². The van der Waals surface area contributed by atoms with Crippen LogP contribution in [-0.2, 0) is 19.4 Å². The normalized spacial score (nSPS) is 11.6. The predicted molar refractivity (Wildman–Crippen MR) is 64.1 cm³/mol. The molecule has 17 heavy (non-hydrogen) atoms. The number of carbonyl (C=O) groups is 1. The Morgan fingerprint density at radius 3 is 2.41 bits per heavy atom. The quantitative estimate of drug-likeness (QED) is 0.769. The van der Waals surface area contributed by atoms with Gasteiger partial charge in [-0.25, -0.2) is 8.42 Å². The lowest BCUT2D eigenvalue weighted by Gasteiger charge is -2.00. The van der Waals surface area contributed by atoms with Crippen LogP contribution in [0.5, 0.6) is 0 Å². The van der Waals surface area contributed by atoms with Crippen molar-refractivity contribution in [2.24, 2.45) is 0 Å². The second-order valence-corrected chi connectivity index (χ2v) is 5.37. The number of ether oxygens (including phenoxy) is 1. The Hall–Kier alpha value is -1.62. The lowest BCUT2D eigenvalue weighted by Crippen LogP contribution is -2.00. The van der Waals surface area contributed by atoms with E-state index in [1.165, 1.54) is 13.0 Å². The summed E-state index contributed by atoms with van der Waals surface area (Å²) in [5, 5.41) is 1.04. The smallest absolute Gasteiger partial charge is 0.302 e. The number of carbonyl (C=O) groups excluding carboxylic acids is 1. The minimum atomic E-state index is -3.45. The van der Waals surface area contributed by atoms with E-state index in [9.17, 15) is 13.2 Å². The Labute approximate surface area is 101 Å². The van der Waals surface area contributed by atoms with Gasteiger partial charge >= 0.3 is 5.97 Å². The Balaban J connectivity index is 2.75. The van der Waals surface area contributed by atoms with E-state index in [2.05, 4.69) is 4.74 Å². The molecule has 1 aromatic rings. The summed E-state index contributed by atoms with van der Waals surface area (Å²) in [5.41, 5.74) is 0.993. The molecule has 5 heteroatoms. The van der Waals surface area contributed by atoms with Gasteiger partial charge in [-0.2, -0.15) is 0 Å². The molecule has 0 radical (unpaired) electrons. The van der Waals surface area contributed by atoms with Crippen LogP contribution in [0.25, 0.3) is 0 Å². The number of esters is 1. The fourth-order valence-corrected chi connectivity index (χ4v) is 2.14. The molecule has 1 rings (SSSR count). The van der Waals surface area contributed by atoms with E-state index in [1.807, 2.05) is 6.92 Å². The van der Waals surface area contributed by atoms with E-state index in [1.54, 1.807) is 24.3 Å². The lowest BCUT2D eigenvalue weighted by atomic mass is 10.2. The first kappa shape index (κ1) is 13.4. The van der Waals surface area contributed by atoms with E-state index >= 15 is 0 Å². The van der Waals surface area contributed by atoms with Gasteiger partial charge in [0, 0.05) is 12.3 Å². The molecule has 0 fully saturated rings. The number of rotatable bonds is 4. The molecule has 0 aliphatic heterocycles. The molecule has 92 valence electrons. The van der Waals surface area contributed by atoms with Crippen LogP contribution >= 0.6 is 0 Å². The fraction of sp³-hybridized carbons (Fsp3) is 0.250. The van der Waals surface area contributed by atoms with Crippen LogP contribution in [0.4, 0.5) is 0 Å². The van der Waals surface area contributed by atoms with E-state index in [0.717, 1.165) is 11.0 Å². The first-order valence-corrected chi connectivity index (χ1v) is 6.58. The highest BCUT2D eigenvalue weighted by molar-refractivity contribution is 7.94. The van der Waals surface area contributed by atoms with Crippen LogP contribution < -0.4 is 0 Å². The highest BCUT2D eigenvalue weighted by Crippen LogP contribution is 2.12. The van der Waals surface area contributed by atoms with Gasteiger partial charge in [-0.1, -0.05) is 17.7 Å². The van der Waals surface area contributed by atoms with E-state index in [4.69, 9.17) is 0 Å². The second-order valence-electron chi connectivity index (χ2n) is 3.53. The van der Waals surface area contributed by atoms with Crippen molar-refractivity contribution in [3.63, 3.8) is 0 Å². The predicted octanol–water partition coefficient (Wildman–Crippen LogP) is 1.85. The summed E-state index contributed by atoms with van der Waals surface area (Å²) < 4.78 is 28.1. The zero-order valence-corrected chi connectivity index (χ0v) is 10.5. The number of sulfone groups is 1. The van der Waals surface area contributed by atoms with Gasteiger partial charge in [-0.15, -0.1) is 0 Å². The Morgan fingerprint density at radius 1 is 1.29 bits per heavy atom. The first-order valence-electron chi connectivity index (χ1n) is 5.03. The molecule has 0 saturated heterocycles. The zero-order chi connectivity index (χ0) is 12.9. The van der Waals surface area contributed by atoms with Crippen molar-refractivity contribution in [1.29, 1.82) is 0 Å². The molecule has 1 aromatic carbocycles. The van der Waals surface area contributed by atoms with Crippen LogP contribution in [-0.4, -0.2) is 21.0 Å². The molecular weight excluding hydrogens is 240 g/mol. The van der Waals surface area contributed by atoms with Gasteiger partial charge in [0.25, 0.3) is 0 Å². The van der Waals surface area contributed by atoms with E-state index in [-0.39, 0.29) is 11.5 Å². The summed E-state index contributed by atoms with van der Waals surface area (Å²) in [7, 11) is -3.45. The largest absolute Gasteiger partial charge is 0.462 e. The molecule has 0 N–H and O–H groups in total. The van der Waals surface area contributed by atoms with Gasteiger partial charge in [-0.3, -0.25) is 4.79 Å². The van der Waals surface area contributed by atoms with E-state index in [0.29, 0.717) is 0 Å². The fourth-order valence-electron chi connectivity index (χ4n) is 1.14. The minimum Gasteiger partial charge on any atom is -0.462 e. The summed E-state index contributed by atoms with van der Waals surface area (Å²) in [6.07, 6.45) is 1.30. The maximum Gasteiger partial charge on any atom is 0.302 e. The van der Waals surface area contributed by atoms with E-state index < -0.39 is 15.8 Å². The van der Waals surface area contributed by atoms with Gasteiger partial charge in [0.2, 0.25) is 0 Å². The van der Waals surface area contributed by atoms with Gasteiger partial charge < -0.3 is 4.74 Å². The molecule has 0 saturated carbocycles. The second kappa shape index (κ2) is 5.63. The third kappa shape index (κ3) is 4.40. The summed E-state index contributed by atoms with van der Waals surface area (Å²) in [5.74, 6) is -0.442. The van der Waals surface area contributed by atoms with Crippen molar-refractivity contribution in [3.05, 3.63) is 41.3 Å². The molecule has 0 aliphatic carbocycles. The average molecular weight is 254 g/mol. The molecule has 0 atom stereocenters. The number of hydrogen-bond acceptors (Lipinski definition) is 4. The molecule has 0 amide bonds. The highest BCUT2D eigenvalue weighted by atomic mass is 32.2. The standard InChI is InChI=1S/C12H14O4S/c1-10-4-6-12(7-5-10)17(14,15)9-3-8-16-11(2)13/h3-7,9H,8H2,1-2H3. The Bertz CT molecular complexity index is 512. The lowest BCUT2D eigenvalue weighted by molar-refractivity contribution is -0.139. The number of hydrogen-bond donors (Lipinski definition) is 0. The molecule has 0 spiro atoms. The molecule has 4 nitrogen and oxygen atoms in total. The SMILES string of the molecule is CC(=O)OCC=CS(=O)(=O)c1ccc(C)cc1. The Morgan fingerprint density at radius 2 is 1.88 bits per heavy atom. The summed E-state index contributed by atoms with van der Waals surface area (Å²) in [6.45, 7) is 3.11. The van der Waals surface area contributed by atoms with Crippen molar-refractivity contribution >= 4 is 15.8 Å². The third-order valence-corrected chi connectivity index (χ3v) is 3.49. The molecule has 0 heterocycles. The summed E-state index contributed by atoms with van der Waals surface area (Å²) in [6, 6.07) is 6.54. The molecule has 0 aromatic heterocycles. The maximum absolute atomic E-state index is 11.8. The van der Waals surface area contributed by atoms with Crippen LogP contribution in [0.2, 0.25) is 0 Å². The van der Waals surface area contributed by atoms with Crippen molar-refractivity contribution < 1.29 is 17.9 Å². The van der Waals surface area contributed by atoms with Crippen molar-refractivity contribution in [2.45, 2.75) is 18.7 Å². The van der Waals surface area contributed by atoms with Crippen molar-refractivity contribution in [2.75, 3.05) is 6.61 Å². The maximum atomic E-state index is 11.8. The van der Waals surface area contributed by atoms with Gasteiger partial charge in [0.05, 0.1) is 4.90 Å². The minimum absolute atomic E-state index is 0.0412. The van der Waals surface area contributed by atoms with Crippen LogP contribution in [0.1, 0.15) is 12.5 Å². The molecular formula is C12H14O4S. The third-order valence-electron chi connectivity index (χ3n) is 2.01. The number of aryl methyl sites for hydroxylation is 1. The summed E-state index contributed by atoms with van der Waals surface area (Å²) >= 11 is 0. The number of benzene rings is 1. The molecule has 0 aliphatic rings. The van der Waals surface area contributed by atoms with Crippen LogP contribution in [0.3, 0.4) is 0 Å². The monoisotopic (exact) mass is 254 g/mol. The van der Waals surface area contributed by atoms with Crippen molar-refractivity contribution in [1.82, 2.24) is 0 Å². The zero-order valence-electron chi connectivity index (χ0n) is 9.71. The van der Waals surface area contributed by atoms with Crippen LogP contribution in [0, 0.1) is 6.92 Å². The Kier molecular flexibility index (Phi) is 4.45. The first-order chi connectivity index (χ1) is 7.92. The molecule has 0 bridgehead atoms. The van der Waals surface area contributed by atoms with Crippen LogP contribution in [0.15, 0.2) is 40.6 Å². The topological polar surface area (TPSA) is 60.4 Å². The average Bonchev–Trinajstić information content (AvgIpc) is 2.25. The van der Waals surface area contributed by atoms with Gasteiger partial charge in [-0.05, 0) is 25.1 Å². The van der Waals surface area contributed by atoms with Gasteiger partial charge in [0.1, 0.15) is 6.61 Å².